The van der Waals surface area contributed by atoms with Crippen LogP contribution in [0.15, 0.2) is 27.1 Å². The zero-order valence-electron chi connectivity index (χ0n) is 7.58. The third-order valence-electron chi connectivity index (χ3n) is 1.79. The average molecular weight is 345 g/mol. The predicted octanol–water partition coefficient (Wildman–Crippen LogP) is 3.01. The van der Waals surface area contributed by atoms with Gasteiger partial charge in [0.25, 0.3) is 0 Å². The summed E-state index contributed by atoms with van der Waals surface area (Å²) in [5, 5.41) is 9.30. The van der Waals surface area contributed by atoms with Crippen LogP contribution < -0.4 is 5.73 Å². The summed E-state index contributed by atoms with van der Waals surface area (Å²) >= 11 is 6.73. The highest BCUT2D eigenvalue weighted by molar-refractivity contribution is 9.11. The molecule has 0 saturated carbocycles. The Morgan fingerprint density at radius 2 is 1.64 bits per heavy atom. The third kappa shape index (κ3) is 3.87. The molecule has 1 rings (SSSR count). The Kier molecular flexibility index (Phi) is 6.25. The Labute approximate surface area is 107 Å². The van der Waals surface area contributed by atoms with Crippen LogP contribution in [0.4, 0.5) is 0 Å². The molecule has 1 aromatic rings. The van der Waals surface area contributed by atoms with Crippen molar-refractivity contribution in [2.24, 2.45) is 5.73 Å². The Morgan fingerprint density at radius 1 is 1.21 bits per heavy atom. The number of nitrogens with two attached hydrogens (primary N) is 1. The maximum absolute atomic E-state index is 9.30. The van der Waals surface area contributed by atoms with Crippen LogP contribution in [0.2, 0.25) is 0 Å². The molecule has 0 aliphatic rings. The lowest BCUT2D eigenvalue weighted by molar-refractivity contribution is 0.164. The summed E-state index contributed by atoms with van der Waals surface area (Å²) in [7, 11) is 0. The Morgan fingerprint density at radius 3 is 2.00 bits per heavy atom. The number of aliphatic hydroxyl groups is 1. The number of aliphatic hydroxyl groups excluding tert-OH is 1. The Hall–Kier alpha value is 0.390. The van der Waals surface area contributed by atoms with E-state index in [9.17, 15) is 5.11 Å². The summed E-state index contributed by atoms with van der Waals surface area (Å²) in [6.45, 7) is 1.68. The molecule has 0 aliphatic heterocycles. The molecule has 0 saturated heterocycles. The molecule has 0 bridgehead atoms. The molecule has 14 heavy (non-hydrogen) atoms. The van der Waals surface area contributed by atoms with Crippen LogP contribution in [0.25, 0.3) is 0 Å². The van der Waals surface area contributed by atoms with Crippen molar-refractivity contribution in [3.63, 3.8) is 0 Å². The summed E-state index contributed by atoms with van der Waals surface area (Å²) in [4.78, 5) is 0. The second kappa shape index (κ2) is 6.08. The van der Waals surface area contributed by atoms with Crippen molar-refractivity contribution in [3.8, 4) is 0 Å². The summed E-state index contributed by atoms with van der Waals surface area (Å²) < 4.78 is 1.90. The quantitative estimate of drug-likeness (QED) is 0.865. The second-order valence-electron chi connectivity index (χ2n) is 2.97. The molecule has 2 nitrogen and oxygen atoms in total. The van der Waals surface area contributed by atoms with Crippen LogP contribution >= 0.6 is 44.3 Å². The lowest BCUT2D eigenvalue weighted by Gasteiger charge is -2.15. The number of halogens is 3. The van der Waals surface area contributed by atoms with Crippen molar-refractivity contribution in [1.82, 2.24) is 0 Å². The van der Waals surface area contributed by atoms with E-state index in [1.165, 1.54) is 0 Å². The molecule has 5 heteroatoms. The molecule has 0 fully saturated rings. The molecule has 0 radical (unpaired) electrons. The number of benzene rings is 1. The number of rotatable bonds is 2. The van der Waals surface area contributed by atoms with Gasteiger partial charge in [-0.05, 0) is 30.7 Å². The summed E-state index contributed by atoms with van der Waals surface area (Å²) in [6.07, 6.45) is -0.541. The normalized spacial score (nSPS) is 14.4. The molecule has 80 valence electrons. The van der Waals surface area contributed by atoms with Crippen molar-refractivity contribution in [2.75, 3.05) is 0 Å². The molecule has 0 aliphatic carbocycles. The van der Waals surface area contributed by atoms with Crippen LogP contribution in [0, 0.1) is 0 Å². The van der Waals surface area contributed by atoms with E-state index in [0.29, 0.717) is 0 Å². The van der Waals surface area contributed by atoms with Crippen molar-refractivity contribution >= 4 is 44.3 Å². The van der Waals surface area contributed by atoms with Crippen LogP contribution in [0.1, 0.15) is 18.5 Å². The van der Waals surface area contributed by atoms with Crippen LogP contribution in [0.5, 0.6) is 0 Å². The van der Waals surface area contributed by atoms with E-state index < -0.39 is 6.10 Å². The van der Waals surface area contributed by atoms with E-state index in [4.69, 9.17) is 5.73 Å². The average Bonchev–Trinajstić information content (AvgIpc) is 2.01. The predicted molar refractivity (Wildman–Crippen MR) is 67.7 cm³/mol. The summed E-state index contributed by atoms with van der Waals surface area (Å²) in [6, 6.07) is 5.40. The van der Waals surface area contributed by atoms with Gasteiger partial charge in [0.05, 0.1) is 12.1 Å². The molecule has 0 spiro atoms. The van der Waals surface area contributed by atoms with Gasteiger partial charge >= 0.3 is 0 Å². The van der Waals surface area contributed by atoms with E-state index in [1.807, 2.05) is 18.2 Å². The van der Waals surface area contributed by atoms with Gasteiger partial charge in [-0.15, -0.1) is 12.4 Å². The number of hydrogen-bond acceptors (Lipinski definition) is 2. The van der Waals surface area contributed by atoms with Gasteiger partial charge in [0.15, 0.2) is 0 Å². The standard InChI is InChI=1S/C9H11Br2NO.ClH/c1-5(13)9(12)6-2-7(10)4-8(11)3-6;/h2-5,9,13H,12H2,1H3;1H/t5-,9-;/m1./s1. The first-order valence-corrected chi connectivity index (χ1v) is 5.49. The minimum atomic E-state index is -0.541. The number of hydrogen-bond donors (Lipinski definition) is 2. The lowest BCUT2D eigenvalue weighted by Crippen LogP contribution is -2.23. The van der Waals surface area contributed by atoms with E-state index >= 15 is 0 Å². The fourth-order valence-corrected chi connectivity index (χ4v) is 2.38. The van der Waals surface area contributed by atoms with Gasteiger partial charge in [-0.1, -0.05) is 31.9 Å². The van der Waals surface area contributed by atoms with Gasteiger partial charge in [-0.25, -0.2) is 0 Å². The maximum Gasteiger partial charge on any atom is 0.0704 e. The first kappa shape index (κ1) is 14.4. The highest BCUT2D eigenvalue weighted by atomic mass is 79.9. The van der Waals surface area contributed by atoms with Gasteiger partial charge in [-0.3, -0.25) is 0 Å². The van der Waals surface area contributed by atoms with Gasteiger partial charge in [0.2, 0.25) is 0 Å². The minimum Gasteiger partial charge on any atom is -0.391 e. The minimum absolute atomic E-state index is 0. The summed E-state index contributed by atoms with van der Waals surface area (Å²) in [5.74, 6) is 0. The molecular formula is C9H12Br2ClNO. The monoisotopic (exact) mass is 343 g/mol. The fourth-order valence-electron chi connectivity index (χ4n) is 1.05. The topological polar surface area (TPSA) is 46.2 Å². The van der Waals surface area contributed by atoms with Crippen molar-refractivity contribution < 1.29 is 5.11 Å². The van der Waals surface area contributed by atoms with Crippen LogP contribution in [-0.4, -0.2) is 11.2 Å². The third-order valence-corrected chi connectivity index (χ3v) is 2.71. The smallest absolute Gasteiger partial charge is 0.0704 e. The van der Waals surface area contributed by atoms with Gasteiger partial charge < -0.3 is 10.8 Å². The van der Waals surface area contributed by atoms with E-state index in [-0.39, 0.29) is 18.4 Å². The first-order valence-electron chi connectivity index (χ1n) is 3.90. The SMILES string of the molecule is C[C@@H](O)[C@@H](N)c1cc(Br)cc(Br)c1.Cl. The fraction of sp³-hybridized carbons (Fsp3) is 0.333. The first-order chi connectivity index (χ1) is 6.00. The molecule has 0 amide bonds. The molecule has 0 unspecified atom stereocenters. The Bertz CT molecular complexity index is 287. The van der Waals surface area contributed by atoms with Crippen molar-refractivity contribution in [3.05, 3.63) is 32.7 Å². The van der Waals surface area contributed by atoms with Crippen molar-refractivity contribution in [2.45, 2.75) is 19.1 Å². The van der Waals surface area contributed by atoms with E-state index in [0.717, 1.165) is 14.5 Å². The van der Waals surface area contributed by atoms with Crippen LogP contribution in [0.3, 0.4) is 0 Å². The highest BCUT2D eigenvalue weighted by Gasteiger charge is 2.12. The summed E-state index contributed by atoms with van der Waals surface area (Å²) in [5.41, 5.74) is 6.70. The van der Waals surface area contributed by atoms with Gasteiger partial charge in [-0.2, -0.15) is 0 Å². The molecular weight excluding hydrogens is 333 g/mol. The second-order valence-corrected chi connectivity index (χ2v) is 4.80. The molecule has 0 aromatic heterocycles. The van der Waals surface area contributed by atoms with E-state index in [1.54, 1.807) is 6.92 Å². The zero-order chi connectivity index (χ0) is 10.0. The lowest BCUT2D eigenvalue weighted by atomic mass is 10.0. The molecule has 2 atom stereocenters. The van der Waals surface area contributed by atoms with Gasteiger partial charge in [0.1, 0.15) is 0 Å². The molecule has 1 aromatic carbocycles. The van der Waals surface area contributed by atoms with E-state index in [2.05, 4.69) is 31.9 Å². The van der Waals surface area contributed by atoms with Gasteiger partial charge in [0, 0.05) is 8.95 Å². The zero-order valence-corrected chi connectivity index (χ0v) is 11.6. The van der Waals surface area contributed by atoms with Crippen molar-refractivity contribution in [1.29, 1.82) is 0 Å². The molecule has 0 heterocycles. The Balaban J connectivity index is 0.00000169. The maximum atomic E-state index is 9.30. The van der Waals surface area contributed by atoms with Crippen LogP contribution in [-0.2, 0) is 0 Å². The molecule has 3 N–H and O–H groups in total. The largest absolute Gasteiger partial charge is 0.391 e. The highest BCUT2D eigenvalue weighted by Crippen LogP contribution is 2.24.